The third-order valence-electron chi connectivity index (χ3n) is 6.26. The van der Waals surface area contributed by atoms with Crippen molar-refractivity contribution in [1.29, 1.82) is 0 Å². The van der Waals surface area contributed by atoms with Gasteiger partial charge in [-0.15, -0.1) is 0 Å². The number of amidine groups is 1. The monoisotopic (exact) mass is 604 g/mol. The lowest BCUT2D eigenvalue weighted by Gasteiger charge is -2.25. The molecule has 232 valence electrons. The third-order valence-corrected chi connectivity index (χ3v) is 6.26. The molecule has 3 amide bonds. The van der Waals surface area contributed by atoms with Crippen LogP contribution in [0.25, 0.3) is 0 Å². The summed E-state index contributed by atoms with van der Waals surface area (Å²) >= 11 is 0. The van der Waals surface area contributed by atoms with Gasteiger partial charge in [0, 0.05) is 37.3 Å². The summed E-state index contributed by atoms with van der Waals surface area (Å²) < 4.78 is 56.7. The van der Waals surface area contributed by atoms with Crippen LogP contribution in [0.3, 0.4) is 0 Å². The highest BCUT2D eigenvalue weighted by atomic mass is 19.2. The standard InChI is InChI=1S/C29H36F4N8O2/c1-7-17(3)37-26-10-19(8-2)25(11-21(26)18(4)30)38-28(39-29(43)40(6)14-27(34)36-15-35-5)41(16-42)13-20-9-23(32)24(33)12-22(20)31/h9-12,15-17H,7-8,13-14H2,1-6H3,(H2,34,35,36)(H,38,39,43)/b21-18+,37-26?. The van der Waals surface area contributed by atoms with Gasteiger partial charge in [0.1, 0.15) is 23.8 Å². The fourth-order valence-electron chi connectivity index (χ4n) is 3.71. The van der Waals surface area contributed by atoms with Gasteiger partial charge in [-0.1, -0.05) is 13.8 Å². The van der Waals surface area contributed by atoms with Gasteiger partial charge in [0.15, 0.2) is 11.6 Å². The number of rotatable bonds is 10. The van der Waals surface area contributed by atoms with Crippen LogP contribution in [-0.4, -0.2) is 72.8 Å². The summed E-state index contributed by atoms with van der Waals surface area (Å²) in [5, 5.41) is 2.47. The van der Waals surface area contributed by atoms with Crippen LogP contribution in [0.15, 0.2) is 66.9 Å². The first kappa shape index (κ1) is 34.6. The van der Waals surface area contributed by atoms with E-state index in [-0.39, 0.29) is 41.7 Å². The maximum Gasteiger partial charge on any atom is 0.324 e. The number of hydrogen-bond donors (Lipinski definition) is 2. The fourth-order valence-corrected chi connectivity index (χ4v) is 3.71. The normalized spacial score (nSPS) is 17.0. The molecule has 1 atom stereocenters. The van der Waals surface area contributed by atoms with Crippen LogP contribution >= 0.6 is 0 Å². The minimum atomic E-state index is -1.41. The molecule has 0 saturated heterocycles. The Bertz CT molecular complexity index is 1430. The van der Waals surface area contributed by atoms with Crippen LogP contribution < -0.4 is 11.1 Å². The molecule has 0 radical (unpaired) electrons. The molecule has 1 aromatic rings. The molecule has 0 aromatic heterocycles. The first-order valence-corrected chi connectivity index (χ1v) is 13.4. The van der Waals surface area contributed by atoms with Gasteiger partial charge in [-0.3, -0.25) is 25.0 Å². The van der Waals surface area contributed by atoms with E-state index in [9.17, 15) is 27.2 Å². The van der Waals surface area contributed by atoms with Crippen LogP contribution in [0, 0.1) is 17.5 Å². The third kappa shape index (κ3) is 9.72. The van der Waals surface area contributed by atoms with Gasteiger partial charge in [-0.25, -0.2) is 32.3 Å². The van der Waals surface area contributed by atoms with Gasteiger partial charge in [0.2, 0.25) is 12.4 Å². The molecule has 0 fully saturated rings. The summed E-state index contributed by atoms with van der Waals surface area (Å²) in [6.45, 7) is 6.17. The number of urea groups is 1. The van der Waals surface area contributed by atoms with Crippen LogP contribution in [-0.2, 0) is 11.3 Å². The molecule has 14 heteroatoms. The first-order valence-electron chi connectivity index (χ1n) is 13.4. The van der Waals surface area contributed by atoms with Crippen LogP contribution in [0.5, 0.6) is 0 Å². The quantitative estimate of drug-likeness (QED) is 0.131. The number of carbonyl (C=O) groups is 2. The highest BCUT2D eigenvalue weighted by Crippen LogP contribution is 2.28. The van der Waals surface area contributed by atoms with Crippen molar-refractivity contribution < 1.29 is 27.2 Å². The van der Waals surface area contributed by atoms with Gasteiger partial charge < -0.3 is 10.6 Å². The number of nitrogens with two attached hydrogens (primary N) is 1. The molecule has 0 aliphatic heterocycles. The van der Waals surface area contributed by atoms with Crippen molar-refractivity contribution in [2.45, 2.75) is 53.1 Å². The molecule has 43 heavy (non-hydrogen) atoms. The van der Waals surface area contributed by atoms with Crippen molar-refractivity contribution in [1.82, 2.24) is 15.1 Å². The zero-order chi connectivity index (χ0) is 32.3. The van der Waals surface area contributed by atoms with Crippen LogP contribution in [0.2, 0.25) is 0 Å². The predicted molar refractivity (Wildman–Crippen MR) is 160 cm³/mol. The van der Waals surface area contributed by atoms with E-state index in [1.807, 2.05) is 20.8 Å². The number of likely N-dealkylation sites (N-methyl/N-ethyl adjacent to an activating group) is 1. The topological polar surface area (TPSA) is 128 Å². The molecule has 0 saturated carbocycles. The molecular weight excluding hydrogens is 568 g/mol. The van der Waals surface area contributed by atoms with E-state index in [1.54, 1.807) is 6.08 Å². The predicted octanol–water partition coefficient (Wildman–Crippen LogP) is 4.79. The molecular formula is C29H36F4N8O2. The Morgan fingerprint density at radius 1 is 1.14 bits per heavy atom. The Morgan fingerprint density at radius 2 is 1.81 bits per heavy atom. The van der Waals surface area contributed by atoms with Crippen molar-refractivity contribution in [3.8, 4) is 0 Å². The number of amides is 3. The molecule has 1 aliphatic rings. The largest absolute Gasteiger partial charge is 0.386 e. The van der Waals surface area contributed by atoms with Crippen LogP contribution in [0.1, 0.15) is 46.1 Å². The molecule has 2 rings (SSSR count). The van der Waals surface area contributed by atoms with E-state index in [1.165, 1.54) is 33.4 Å². The first-order chi connectivity index (χ1) is 20.3. The van der Waals surface area contributed by atoms with E-state index in [2.05, 4.69) is 25.3 Å². The zero-order valence-electron chi connectivity index (χ0n) is 25.0. The summed E-state index contributed by atoms with van der Waals surface area (Å²) in [6.07, 6.45) is 5.68. The van der Waals surface area contributed by atoms with Gasteiger partial charge in [0.25, 0.3) is 0 Å². The van der Waals surface area contributed by atoms with Gasteiger partial charge in [-0.2, -0.15) is 0 Å². The number of aliphatic imine (C=N–C) groups is 4. The molecule has 3 N–H and O–H groups in total. The van der Waals surface area contributed by atoms with Crippen molar-refractivity contribution in [2.75, 3.05) is 20.6 Å². The molecule has 10 nitrogen and oxygen atoms in total. The van der Waals surface area contributed by atoms with Crippen molar-refractivity contribution >= 4 is 36.3 Å². The maximum atomic E-state index is 14.7. The minimum Gasteiger partial charge on any atom is -0.386 e. The van der Waals surface area contributed by atoms with E-state index >= 15 is 0 Å². The number of guanidine groups is 1. The highest BCUT2D eigenvalue weighted by Gasteiger charge is 2.24. The number of benzene rings is 1. The summed E-state index contributed by atoms with van der Waals surface area (Å²) in [5.41, 5.74) is 6.79. The number of halogens is 4. The molecule has 0 heterocycles. The molecule has 1 unspecified atom stereocenters. The Morgan fingerprint density at radius 3 is 2.40 bits per heavy atom. The lowest BCUT2D eigenvalue weighted by Crippen LogP contribution is -2.49. The van der Waals surface area contributed by atoms with E-state index in [0.717, 1.165) is 16.2 Å². The van der Waals surface area contributed by atoms with E-state index < -0.39 is 41.8 Å². The van der Waals surface area contributed by atoms with E-state index in [4.69, 9.17) is 5.73 Å². The van der Waals surface area contributed by atoms with E-state index in [0.29, 0.717) is 29.8 Å². The second-order valence-corrected chi connectivity index (χ2v) is 9.58. The lowest BCUT2D eigenvalue weighted by atomic mass is 9.95. The summed E-state index contributed by atoms with van der Waals surface area (Å²) in [6, 6.07) is 0.0670. The Labute approximate surface area is 248 Å². The average Bonchev–Trinajstić information content (AvgIpc) is 2.96. The fraction of sp³-hybridized carbons (Fsp3) is 0.379. The second-order valence-electron chi connectivity index (χ2n) is 9.58. The maximum absolute atomic E-state index is 14.7. The smallest absolute Gasteiger partial charge is 0.324 e. The Hall–Kier alpha value is -4.62. The summed E-state index contributed by atoms with van der Waals surface area (Å²) in [7, 11) is 2.88. The molecule has 1 aromatic carbocycles. The molecule has 0 spiro atoms. The summed E-state index contributed by atoms with van der Waals surface area (Å²) in [4.78, 5) is 43.9. The number of allylic oxidation sites excluding steroid dienone is 5. The van der Waals surface area contributed by atoms with Crippen molar-refractivity contribution in [2.24, 2.45) is 25.7 Å². The number of hydrogen-bond acceptors (Lipinski definition) is 5. The van der Waals surface area contributed by atoms with Gasteiger partial charge in [-0.05, 0) is 50.5 Å². The number of carbonyl (C=O) groups excluding carboxylic acids is 2. The Kier molecular flexibility index (Phi) is 13.0. The molecule has 1 aliphatic carbocycles. The van der Waals surface area contributed by atoms with Gasteiger partial charge in [0.05, 0.1) is 24.5 Å². The Balaban J connectivity index is 2.65. The number of nitrogens with zero attached hydrogens (tertiary/aromatic N) is 6. The second kappa shape index (κ2) is 16.1. The molecule has 0 bridgehead atoms. The van der Waals surface area contributed by atoms with Gasteiger partial charge >= 0.3 is 6.03 Å². The van der Waals surface area contributed by atoms with Crippen molar-refractivity contribution in [3.05, 3.63) is 70.0 Å². The lowest BCUT2D eigenvalue weighted by molar-refractivity contribution is -0.115. The summed E-state index contributed by atoms with van der Waals surface area (Å²) in [5.74, 6) is -4.74. The highest BCUT2D eigenvalue weighted by molar-refractivity contribution is 6.13. The zero-order valence-corrected chi connectivity index (χ0v) is 25.0. The van der Waals surface area contributed by atoms with Crippen molar-refractivity contribution in [3.63, 3.8) is 0 Å². The minimum absolute atomic E-state index is 0.0466. The average molecular weight is 605 g/mol. The van der Waals surface area contributed by atoms with Crippen LogP contribution in [0.4, 0.5) is 22.4 Å². The number of nitrogens with one attached hydrogen (secondary N) is 1. The SMILES string of the molecule is CCC1=CC(=NC(C)CC)/C(=C(\C)F)C=C1N=C(NC(=O)N(C)CC(N)=NC=NC)N(C=O)Cc1cc(F)c(F)cc1F.